The topological polar surface area (TPSA) is 63.3 Å². The number of nitrogens with zero attached hydrogens (tertiary/aromatic N) is 3. The molecule has 26 heavy (non-hydrogen) atoms. The molecule has 0 bridgehead atoms. The van der Waals surface area contributed by atoms with Gasteiger partial charge < -0.3 is 14.5 Å². The highest BCUT2D eigenvalue weighted by Crippen LogP contribution is 2.22. The van der Waals surface area contributed by atoms with Crippen molar-refractivity contribution in [3.05, 3.63) is 54.1 Å². The van der Waals surface area contributed by atoms with Gasteiger partial charge in [0.2, 0.25) is 0 Å². The van der Waals surface area contributed by atoms with Gasteiger partial charge >= 0.3 is 0 Å². The van der Waals surface area contributed by atoms with Gasteiger partial charge in [0.1, 0.15) is 30.5 Å². The largest absolute Gasteiger partial charge is 0.497 e. The lowest BCUT2D eigenvalue weighted by Gasteiger charge is -2.15. The lowest BCUT2D eigenvalue weighted by atomic mass is 10.3. The third-order valence-corrected chi connectivity index (χ3v) is 4.58. The van der Waals surface area contributed by atoms with Crippen molar-refractivity contribution in [3.8, 4) is 5.75 Å². The van der Waals surface area contributed by atoms with E-state index in [0.717, 1.165) is 22.3 Å². The average molecular weight is 356 g/mol. The van der Waals surface area contributed by atoms with Crippen LogP contribution in [-0.2, 0) is 17.9 Å². The highest BCUT2D eigenvalue weighted by atomic mass is 19.1. The number of likely N-dealkylation sites (tertiary alicyclic amines) is 1. The van der Waals surface area contributed by atoms with Crippen molar-refractivity contribution in [2.45, 2.75) is 25.4 Å². The maximum absolute atomic E-state index is 14.3. The van der Waals surface area contributed by atoms with Crippen molar-refractivity contribution >= 4 is 11.0 Å². The van der Waals surface area contributed by atoms with Crippen molar-refractivity contribution in [1.29, 1.82) is 0 Å². The van der Waals surface area contributed by atoms with Crippen LogP contribution in [0.4, 0.5) is 4.39 Å². The molecule has 136 valence electrons. The van der Waals surface area contributed by atoms with Gasteiger partial charge in [-0.1, -0.05) is 6.07 Å². The van der Waals surface area contributed by atoms with E-state index in [1.165, 1.54) is 0 Å². The van der Waals surface area contributed by atoms with Gasteiger partial charge in [-0.2, -0.15) is 0 Å². The smallest absolute Gasteiger partial charge is 0.140 e. The van der Waals surface area contributed by atoms with Gasteiger partial charge in [0.25, 0.3) is 0 Å². The van der Waals surface area contributed by atoms with Crippen LogP contribution in [0.3, 0.4) is 0 Å². The minimum absolute atomic E-state index is 0.253. The van der Waals surface area contributed by atoms with Crippen LogP contribution in [0.5, 0.6) is 5.75 Å². The maximum atomic E-state index is 14.3. The number of imidazole rings is 1. The predicted octanol–water partition coefficient (Wildman–Crippen LogP) is 2.71. The molecule has 1 N–H and O–H groups in total. The Morgan fingerprint density at radius 3 is 3.04 bits per heavy atom. The summed E-state index contributed by atoms with van der Waals surface area (Å²) in [5.74, 6) is 1.45. The number of pyridine rings is 1. The molecule has 0 saturated carbocycles. The third kappa shape index (κ3) is 3.68. The molecule has 7 heteroatoms. The van der Waals surface area contributed by atoms with E-state index in [1.807, 2.05) is 36.5 Å². The Labute approximate surface area is 151 Å². The summed E-state index contributed by atoms with van der Waals surface area (Å²) in [6.07, 6.45) is 2.09. The summed E-state index contributed by atoms with van der Waals surface area (Å²) in [4.78, 5) is 13.8. The van der Waals surface area contributed by atoms with Gasteiger partial charge in [-0.25, -0.2) is 9.37 Å². The minimum atomic E-state index is -1.00. The van der Waals surface area contributed by atoms with Crippen molar-refractivity contribution in [3.63, 3.8) is 0 Å². The number of benzene rings is 1. The van der Waals surface area contributed by atoms with Crippen LogP contribution in [-0.4, -0.2) is 52.3 Å². The van der Waals surface area contributed by atoms with Gasteiger partial charge in [-0.3, -0.25) is 9.88 Å². The van der Waals surface area contributed by atoms with Crippen LogP contribution in [0.25, 0.3) is 11.0 Å². The summed E-state index contributed by atoms with van der Waals surface area (Å²) >= 11 is 0. The Morgan fingerprint density at radius 2 is 2.23 bits per heavy atom. The third-order valence-electron chi connectivity index (χ3n) is 4.58. The van der Waals surface area contributed by atoms with E-state index in [4.69, 9.17) is 9.47 Å². The summed E-state index contributed by atoms with van der Waals surface area (Å²) in [6.45, 7) is 1.86. The Bertz CT molecular complexity index is 870. The fourth-order valence-electron chi connectivity index (χ4n) is 3.27. The molecule has 0 spiro atoms. The molecule has 4 rings (SSSR count). The van der Waals surface area contributed by atoms with Crippen LogP contribution in [0.15, 0.2) is 42.7 Å². The zero-order valence-electron chi connectivity index (χ0n) is 14.6. The van der Waals surface area contributed by atoms with Gasteiger partial charge in [-0.15, -0.1) is 0 Å². The van der Waals surface area contributed by atoms with Gasteiger partial charge in [0, 0.05) is 38.1 Å². The van der Waals surface area contributed by atoms with E-state index in [-0.39, 0.29) is 6.61 Å². The summed E-state index contributed by atoms with van der Waals surface area (Å²) in [5, 5.41) is 0. The fourth-order valence-corrected chi connectivity index (χ4v) is 3.27. The van der Waals surface area contributed by atoms with Gasteiger partial charge in [-0.05, 0) is 23.8 Å². The number of methoxy groups -OCH3 is 1. The van der Waals surface area contributed by atoms with E-state index in [1.54, 1.807) is 13.3 Å². The quantitative estimate of drug-likeness (QED) is 0.736. The predicted molar refractivity (Wildman–Crippen MR) is 95.6 cm³/mol. The first-order valence-electron chi connectivity index (χ1n) is 8.61. The number of alkyl halides is 1. The van der Waals surface area contributed by atoms with Crippen LogP contribution in [0.1, 0.15) is 11.4 Å². The second kappa shape index (κ2) is 7.39. The molecule has 1 aliphatic rings. The Balaban J connectivity index is 1.35. The minimum Gasteiger partial charge on any atom is -0.497 e. The van der Waals surface area contributed by atoms with E-state index < -0.39 is 12.3 Å². The lowest BCUT2D eigenvalue weighted by Crippen LogP contribution is -2.24. The number of nitrogens with one attached hydrogen (secondary N) is 1. The molecule has 0 amide bonds. The standard InChI is InChI=1S/C19H21FN4O2/c1-25-14-4-5-16-17(7-14)23-19(22-16)12-26-18-11-24(10-15(18)20)9-13-3-2-6-21-8-13/h2-8,15,18H,9-12H2,1H3,(H,22,23)/t15-,18+/m1/s1. The van der Waals surface area contributed by atoms with Crippen molar-refractivity contribution in [2.75, 3.05) is 20.2 Å². The number of fused-ring (bicyclic) bond motifs is 1. The Morgan fingerprint density at radius 1 is 1.31 bits per heavy atom. The fraction of sp³-hybridized carbons (Fsp3) is 0.368. The second-order valence-corrected chi connectivity index (χ2v) is 6.49. The Hall–Kier alpha value is -2.51. The zero-order valence-corrected chi connectivity index (χ0v) is 14.6. The molecule has 0 unspecified atom stereocenters. The number of H-pyrrole nitrogens is 1. The number of aromatic nitrogens is 3. The summed E-state index contributed by atoms with van der Waals surface area (Å²) in [6, 6.07) is 9.52. The SMILES string of the molecule is COc1ccc2nc(CO[C@H]3CN(Cc4cccnc4)C[C@H]3F)[nH]c2c1. The molecule has 3 aromatic rings. The van der Waals surface area contributed by atoms with Crippen molar-refractivity contribution in [2.24, 2.45) is 0 Å². The number of rotatable bonds is 6. The zero-order chi connectivity index (χ0) is 17.9. The maximum Gasteiger partial charge on any atom is 0.140 e. The summed E-state index contributed by atoms with van der Waals surface area (Å²) < 4.78 is 25.3. The van der Waals surface area contributed by atoms with Crippen LogP contribution in [0.2, 0.25) is 0 Å². The van der Waals surface area contributed by atoms with E-state index in [0.29, 0.717) is 25.5 Å². The number of aromatic amines is 1. The highest BCUT2D eigenvalue weighted by Gasteiger charge is 2.33. The van der Waals surface area contributed by atoms with Crippen molar-refractivity contribution < 1.29 is 13.9 Å². The first-order valence-corrected chi connectivity index (χ1v) is 8.61. The normalized spacial score (nSPS) is 20.7. The van der Waals surface area contributed by atoms with Crippen molar-refractivity contribution in [1.82, 2.24) is 19.9 Å². The van der Waals surface area contributed by atoms with Crippen LogP contribution < -0.4 is 4.74 Å². The number of hydrogen-bond acceptors (Lipinski definition) is 5. The Kier molecular flexibility index (Phi) is 4.81. The number of hydrogen-bond donors (Lipinski definition) is 1. The number of halogens is 1. The van der Waals surface area contributed by atoms with Crippen LogP contribution in [0, 0.1) is 0 Å². The molecule has 2 aromatic heterocycles. The summed E-state index contributed by atoms with van der Waals surface area (Å²) in [7, 11) is 1.63. The molecule has 1 aliphatic heterocycles. The first kappa shape index (κ1) is 16.9. The molecule has 3 heterocycles. The van der Waals surface area contributed by atoms with Crippen LogP contribution >= 0.6 is 0 Å². The monoisotopic (exact) mass is 356 g/mol. The molecule has 1 fully saturated rings. The molecular weight excluding hydrogens is 335 g/mol. The van der Waals surface area contributed by atoms with E-state index >= 15 is 0 Å². The van der Waals surface area contributed by atoms with Gasteiger partial charge in [0.15, 0.2) is 0 Å². The molecule has 2 atom stereocenters. The molecule has 1 aromatic carbocycles. The number of ether oxygens (including phenoxy) is 2. The molecule has 0 radical (unpaired) electrons. The molecule has 1 saturated heterocycles. The van der Waals surface area contributed by atoms with E-state index in [2.05, 4.69) is 19.9 Å². The summed E-state index contributed by atoms with van der Waals surface area (Å²) in [5.41, 5.74) is 2.79. The molecule has 0 aliphatic carbocycles. The van der Waals surface area contributed by atoms with E-state index in [9.17, 15) is 4.39 Å². The lowest BCUT2D eigenvalue weighted by molar-refractivity contribution is 0.00863. The highest BCUT2D eigenvalue weighted by molar-refractivity contribution is 5.76. The second-order valence-electron chi connectivity index (χ2n) is 6.49. The molecule has 6 nitrogen and oxygen atoms in total. The van der Waals surface area contributed by atoms with Gasteiger partial charge in [0.05, 0.1) is 18.1 Å². The average Bonchev–Trinajstić information content (AvgIpc) is 3.22. The molecular formula is C19H21FN4O2. The first-order chi connectivity index (χ1) is 12.7.